The topological polar surface area (TPSA) is 139 Å². The van der Waals surface area contributed by atoms with Gasteiger partial charge in [0.25, 0.3) is 11.8 Å². The quantitative estimate of drug-likeness (QED) is 0.183. The molecule has 1 aliphatic rings. The molecule has 4 N–H and O–H groups in total. The Morgan fingerprint density at radius 1 is 0.857 bits per heavy atom. The molecule has 0 spiro atoms. The number of amides is 4. The number of hydrogen-bond acceptors (Lipinski definition) is 6. The average molecular weight is 575 g/mol. The monoisotopic (exact) mass is 574 g/mol. The Bertz CT molecular complexity index is 1220. The molecule has 9 heteroatoms. The van der Waals surface area contributed by atoms with E-state index in [1.807, 2.05) is 54.6 Å². The van der Waals surface area contributed by atoms with Crippen LogP contribution in [-0.2, 0) is 36.8 Å². The van der Waals surface area contributed by atoms with Gasteiger partial charge in [0, 0.05) is 43.1 Å². The highest BCUT2D eigenvalue weighted by Gasteiger charge is 2.28. The van der Waals surface area contributed by atoms with E-state index in [-0.39, 0.29) is 42.3 Å². The lowest BCUT2D eigenvalue weighted by Gasteiger charge is -2.22. The van der Waals surface area contributed by atoms with E-state index in [0.717, 1.165) is 17.5 Å². The number of nitrogens with zero attached hydrogens (tertiary/aromatic N) is 1. The fraction of sp³-hybridized carbons (Fsp3) is 0.424. The molecular formula is C33H42N4O5. The summed E-state index contributed by atoms with van der Waals surface area (Å²) in [6.07, 6.45) is 6.80. The van der Waals surface area contributed by atoms with Gasteiger partial charge in [-0.25, -0.2) is 0 Å². The zero-order valence-corrected chi connectivity index (χ0v) is 24.3. The number of nitrogens with two attached hydrogens (primary N) is 1. The molecule has 0 aromatic heterocycles. The van der Waals surface area contributed by atoms with Crippen LogP contribution in [0.5, 0.6) is 0 Å². The molecule has 9 nitrogen and oxygen atoms in total. The first-order valence-corrected chi connectivity index (χ1v) is 14.8. The first-order chi connectivity index (χ1) is 20.3. The molecule has 0 bridgehead atoms. The molecule has 0 aliphatic carbocycles. The lowest BCUT2D eigenvalue weighted by atomic mass is 9.91. The van der Waals surface area contributed by atoms with Crippen LogP contribution in [0.15, 0.2) is 66.7 Å². The van der Waals surface area contributed by atoms with Crippen LogP contribution in [0.25, 0.3) is 0 Å². The van der Waals surface area contributed by atoms with Crippen molar-refractivity contribution in [2.45, 2.75) is 70.8 Å². The minimum absolute atomic E-state index is 0.0113. The molecule has 0 fully saturated rings. The van der Waals surface area contributed by atoms with Gasteiger partial charge in [-0.15, -0.1) is 0 Å². The lowest BCUT2D eigenvalue weighted by molar-refractivity contribution is -0.137. The van der Waals surface area contributed by atoms with Crippen LogP contribution in [0, 0.1) is 5.92 Å². The average Bonchev–Trinajstić information content (AvgIpc) is 3.31. The number of benzene rings is 2. The van der Waals surface area contributed by atoms with Crippen molar-refractivity contribution in [3.63, 3.8) is 0 Å². The molecule has 0 radical (unpaired) electrons. The second-order valence-electron chi connectivity index (χ2n) is 10.6. The molecule has 2 atom stereocenters. The van der Waals surface area contributed by atoms with Crippen molar-refractivity contribution in [2.24, 2.45) is 11.7 Å². The molecule has 2 aromatic rings. The molecule has 42 heavy (non-hydrogen) atoms. The van der Waals surface area contributed by atoms with Crippen molar-refractivity contribution < 1.29 is 24.0 Å². The van der Waals surface area contributed by atoms with Crippen LogP contribution in [0.3, 0.4) is 0 Å². The van der Waals surface area contributed by atoms with Crippen molar-refractivity contribution >= 4 is 35.1 Å². The van der Waals surface area contributed by atoms with Crippen LogP contribution in [0.2, 0.25) is 0 Å². The van der Waals surface area contributed by atoms with E-state index in [1.54, 1.807) is 0 Å². The molecule has 2 aromatic carbocycles. The molecular weight excluding hydrogens is 532 g/mol. The Morgan fingerprint density at radius 3 is 2.19 bits per heavy atom. The van der Waals surface area contributed by atoms with Crippen molar-refractivity contribution in [1.82, 2.24) is 10.2 Å². The first-order valence-electron chi connectivity index (χ1n) is 14.8. The number of anilines is 1. The third-order valence-electron chi connectivity index (χ3n) is 7.40. The van der Waals surface area contributed by atoms with Gasteiger partial charge in [0.05, 0.1) is 6.04 Å². The van der Waals surface area contributed by atoms with Gasteiger partial charge in [0.15, 0.2) is 5.78 Å². The summed E-state index contributed by atoms with van der Waals surface area (Å²) >= 11 is 0. The highest BCUT2D eigenvalue weighted by Crippen LogP contribution is 2.19. The zero-order chi connectivity index (χ0) is 30.3. The Balaban J connectivity index is 1.59. The number of rotatable bonds is 18. The maximum absolute atomic E-state index is 13.6. The minimum atomic E-state index is -0.775. The van der Waals surface area contributed by atoms with E-state index >= 15 is 0 Å². The molecule has 0 saturated heterocycles. The Morgan fingerprint density at radius 2 is 1.55 bits per heavy atom. The van der Waals surface area contributed by atoms with E-state index < -0.39 is 12.0 Å². The van der Waals surface area contributed by atoms with Crippen molar-refractivity contribution in [3.8, 4) is 0 Å². The molecule has 3 rings (SSSR count). The van der Waals surface area contributed by atoms with E-state index in [9.17, 15) is 24.0 Å². The lowest BCUT2D eigenvalue weighted by Crippen LogP contribution is -2.43. The number of hydrogen-bond donors (Lipinski definition) is 3. The summed E-state index contributed by atoms with van der Waals surface area (Å²) in [6.45, 7) is 2.78. The molecule has 4 amide bonds. The molecule has 1 aliphatic heterocycles. The van der Waals surface area contributed by atoms with Crippen molar-refractivity contribution in [2.75, 3.05) is 18.4 Å². The fourth-order valence-electron chi connectivity index (χ4n) is 4.89. The molecule has 0 unspecified atom stereocenters. The van der Waals surface area contributed by atoms with E-state index in [0.29, 0.717) is 57.3 Å². The molecule has 1 heterocycles. The predicted octanol–water partition coefficient (Wildman–Crippen LogP) is 3.71. The summed E-state index contributed by atoms with van der Waals surface area (Å²) in [5.41, 5.74) is 8.47. The van der Waals surface area contributed by atoms with E-state index in [1.165, 1.54) is 17.1 Å². The van der Waals surface area contributed by atoms with Gasteiger partial charge >= 0.3 is 0 Å². The number of nitrogens with one attached hydrogen (secondary N) is 2. The number of imide groups is 1. The maximum atomic E-state index is 13.6. The molecule has 224 valence electrons. The third kappa shape index (κ3) is 10.4. The fourth-order valence-corrected chi connectivity index (χ4v) is 4.89. The van der Waals surface area contributed by atoms with E-state index in [2.05, 4.69) is 17.6 Å². The summed E-state index contributed by atoms with van der Waals surface area (Å²) in [7, 11) is 0. The van der Waals surface area contributed by atoms with Crippen LogP contribution in [-0.4, -0.2) is 53.4 Å². The maximum Gasteiger partial charge on any atom is 0.253 e. The summed E-state index contributed by atoms with van der Waals surface area (Å²) in [5, 5.41) is 5.83. The van der Waals surface area contributed by atoms with Crippen molar-refractivity contribution in [1.29, 1.82) is 0 Å². The van der Waals surface area contributed by atoms with Gasteiger partial charge < -0.3 is 16.4 Å². The summed E-state index contributed by atoms with van der Waals surface area (Å²) in [6, 6.07) is 16.3. The van der Waals surface area contributed by atoms with Gasteiger partial charge in [-0.2, -0.15) is 0 Å². The van der Waals surface area contributed by atoms with Gasteiger partial charge in [-0.1, -0.05) is 55.8 Å². The van der Waals surface area contributed by atoms with Crippen LogP contribution in [0.1, 0.15) is 63.0 Å². The number of unbranched alkanes of at least 4 members (excludes halogenated alkanes) is 2. The van der Waals surface area contributed by atoms with Crippen LogP contribution in [0.4, 0.5) is 5.69 Å². The zero-order valence-electron chi connectivity index (χ0n) is 24.3. The second kappa shape index (κ2) is 17.0. The van der Waals surface area contributed by atoms with E-state index in [4.69, 9.17) is 5.73 Å². The highest BCUT2D eigenvalue weighted by molar-refractivity contribution is 6.12. The number of carbonyl (C=O) groups excluding carboxylic acids is 5. The minimum Gasteiger partial charge on any atom is -0.346 e. The standard InChI is InChI=1S/C33H42N4O5/c1-2-24-14-16-27(17-15-24)35-33(42)26(12-9-20-34)23-29(38)28(22-25-10-5-3-6-11-25)36-30(39)13-7-4-8-21-37-31(40)18-19-32(37)41/h3,5-6,10-11,14-19,26,28H,2,4,7-9,12-13,20-23,34H2,1H3,(H,35,42)(H,36,39)/t26-,28+/m1/s1. The smallest absolute Gasteiger partial charge is 0.253 e. The van der Waals surface area contributed by atoms with Gasteiger partial charge in [-0.3, -0.25) is 28.9 Å². The van der Waals surface area contributed by atoms with Crippen LogP contribution < -0.4 is 16.4 Å². The number of aryl methyl sites for hydroxylation is 1. The third-order valence-corrected chi connectivity index (χ3v) is 7.40. The normalized spacial score (nSPS) is 14.1. The number of Topliss-reactive ketones (excluding diaryl/α,β-unsaturated/α-hetero) is 1. The summed E-state index contributed by atoms with van der Waals surface area (Å²) in [4.78, 5) is 64.2. The number of carbonyl (C=O) groups is 5. The predicted molar refractivity (Wildman–Crippen MR) is 162 cm³/mol. The summed E-state index contributed by atoms with van der Waals surface area (Å²) < 4.78 is 0. The number of ketones is 1. The summed E-state index contributed by atoms with van der Waals surface area (Å²) in [5.74, 6) is -1.90. The van der Waals surface area contributed by atoms with Crippen molar-refractivity contribution in [3.05, 3.63) is 77.9 Å². The van der Waals surface area contributed by atoms with Crippen LogP contribution >= 0.6 is 0 Å². The first kappa shape index (κ1) is 32.4. The van der Waals surface area contributed by atoms with Gasteiger partial charge in [0.1, 0.15) is 0 Å². The Kier molecular flexibility index (Phi) is 13.1. The SMILES string of the molecule is CCc1ccc(NC(=O)[C@H](CCCN)CC(=O)[C@H](Cc2ccccc2)NC(=O)CCCCCN2C(=O)C=CC2=O)cc1. The Labute approximate surface area is 247 Å². The second-order valence-corrected chi connectivity index (χ2v) is 10.6. The Hall–Kier alpha value is -4.11. The van der Waals surface area contributed by atoms with Gasteiger partial charge in [-0.05, 0) is 68.3 Å². The largest absolute Gasteiger partial charge is 0.346 e. The highest BCUT2D eigenvalue weighted by atomic mass is 16.2. The van der Waals surface area contributed by atoms with Gasteiger partial charge in [0.2, 0.25) is 11.8 Å². The molecule has 0 saturated carbocycles.